The van der Waals surface area contributed by atoms with Crippen LogP contribution in [0, 0.1) is 17.1 Å². The molecule has 182 valence electrons. The number of rotatable bonds is 7. The normalized spacial score (nSPS) is 11.5. The first-order valence-corrected chi connectivity index (χ1v) is 12.3. The second-order valence-electron chi connectivity index (χ2n) is 8.21. The number of carbonyl (C=O) groups excluding carboxylic acids is 2. The van der Waals surface area contributed by atoms with Crippen LogP contribution in [0.25, 0.3) is 17.0 Å². The Kier molecular flexibility index (Phi) is 7.53. The maximum Gasteiger partial charge on any atom is 0.341 e. The zero-order chi connectivity index (χ0) is 25.8. The van der Waals surface area contributed by atoms with E-state index in [9.17, 15) is 19.2 Å². The number of carbonyl (C=O) groups is 2. The number of ether oxygens (including phenoxy) is 1. The third kappa shape index (κ3) is 5.48. The molecule has 0 spiro atoms. The van der Waals surface area contributed by atoms with Gasteiger partial charge in [-0.05, 0) is 55.1 Å². The van der Waals surface area contributed by atoms with Crippen LogP contribution < -0.4 is 5.32 Å². The SMILES string of the molecule is CC(C)OC(=O)c1ccsc1NC(=O)C(C#N)=Cc1cn(Cc2ccc(F)cc2Cl)c2ccccc12. The van der Waals surface area contributed by atoms with Gasteiger partial charge in [-0.15, -0.1) is 11.3 Å². The van der Waals surface area contributed by atoms with Crippen LogP contribution in [0.4, 0.5) is 9.39 Å². The zero-order valence-corrected chi connectivity index (χ0v) is 21.0. The van der Waals surface area contributed by atoms with Crippen molar-refractivity contribution in [2.45, 2.75) is 26.5 Å². The highest BCUT2D eigenvalue weighted by Crippen LogP contribution is 2.28. The molecule has 9 heteroatoms. The Labute approximate surface area is 216 Å². The van der Waals surface area contributed by atoms with E-state index in [4.69, 9.17) is 16.3 Å². The van der Waals surface area contributed by atoms with E-state index in [0.29, 0.717) is 22.1 Å². The van der Waals surface area contributed by atoms with Crippen LogP contribution in [0.3, 0.4) is 0 Å². The molecule has 0 bridgehead atoms. The summed E-state index contributed by atoms with van der Waals surface area (Å²) < 4.78 is 20.6. The Bertz CT molecular complexity index is 1530. The van der Waals surface area contributed by atoms with Crippen molar-refractivity contribution in [2.24, 2.45) is 0 Å². The van der Waals surface area contributed by atoms with Gasteiger partial charge in [-0.25, -0.2) is 9.18 Å². The Hall–Kier alpha value is -3.93. The summed E-state index contributed by atoms with van der Waals surface area (Å²) in [5.41, 5.74) is 2.34. The molecule has 36 heavy (non-hydrogen) atoms. The van der Waals surface area contributed by atoms with Crippen molar-refractivity contribution >= 4 is 56.8 Å². The van der Waals surface area contributed by atoms with Crippen molar-refractivity contribution in [3.63, 3.8) is 0 Å². The molecule has 0 aliphatic carbocycles. The topological polar surface area (TPSA) is 84.1 Å². The van der Waals surface area contributed by atoms with Crippen LogP contribution in [0.5, 0.6) is 0 Å². The van der Waals surface area contributed by atoms with Crippen molar-refractivity contribution in [3.05, 3.63) is 93.2 Å². The fourth-order valence-corrected chi connectivity index (χ4v) is 4.67. The van der Waals surface area contributed by atoms with Crippen molar-refractivity contribution in [1.29, 1.82) is 5.26 Å². The van der Waals surface area contributed by atoms with Crippen molar-refractivity contribution in [1.82, 2.24) is 4.57 Å². The van der Waals surface area contributed by atoms with E-state index < -0.39 is 17.7 Å². The number of nitrogens with one attached hydrogen (secondary N) is 1. The van der Waals surface area contributed by atoms with Crippen molar-refractivity contribution in [2.75, 3.05) is 5.32 Å². The van der Waals surface area contributed by atoms with Gasteiger partial charge in [-0.2, -0.15) is 5.26 Å². The zero-order valence-electron chi connectivity index (χ0n) is 19.4. The number of hydrogen-bond acceptors (Lipinski definition) is 5. The number of aromatic nitrogens is 1. The van der Waals surface area contributed by atoms with Crippen LogP contribution in [0.15, 0.2) is 65.7 Å². The molecule has 6 nitrogen and oxygen atoms in total. The average molecular weight is 522 g/mol. The second-order valence-corrected chi connectivity index (χ2v) is 9.53. The number of esters is 1. The molecule has 2 aromatic heterocycles. The number of benzene rings is 2. The van der Waals surface area contributed by atoms with E-state index in [1.165, 1.54) is 18.2 Å². The van der Waals surface area contributed by atoms with Crippen molar-refractivity contribution < 1.29 is 18.7 Å². The Morgan fingerprint density at radius 3 is 2.75 bits per heavy atom. The number of nitrogens with zero attached hydrogens (tertiary/aromatic N) is 2. The molecular weight excluding hydrogens is 501 g/mol. The van der Waals surface area contributed by atoms with Gasteiger partial charge in [0.1, 0.15) is 22.5 Å². The van der Waals surface area contributed by atoms with E-state index in [2.05, 4.69) is 5.32 Å². The fourth-order valence-electron chi connectivity index (χ4n) is 3.67. The fraction of sp³-hybridized carbons (Fsp3) is 0.148. The third-order valence-electron chi connectivity index (χ3n) is 5.30. The highest BCUT2D eigenvalue weighted by molar-refractivity contribution is 7.14. The first kappa shape index (κ1) is 25.2. The first-order valence-electron chi connectivity index (χ1n) is 11.0. The van der Waals surface area contributed by atoms with Crippen LogP contribution in [-0.4, -0.2) is 22.5 Å². The summed E-state index contributed by atoms with van der Waals surface area (Å²) in [6.45, 7) is 3.84. The summed E-state index contributed by atoms with van der Waals surface area (Å²) >= 11 is 7.39. The molecule has 0 radical (unpaired) electrons. The van der Waals surface area contributed by atoms with E-state index >= 15 is 0 Å². The van der Waals surface area contributed by atoms with Gasteiger partial charge in [0, 0.05) is 34.2 Å². The van der Waals surface area contributed by atoms with E-state index in [1.54, 1.807) is 31.4 Å². The van der Waals surface area contributed by atoms with Gasteiger partial charge >= 0.3 is 5.97 Å². The molecule has 0 aliphatic rings. The lowest BCUT2D eigenvalue weighted by molar-refractivity contribution is -0.112. The molecule has 0 saturated heterocycles. The van der Waals surface area contributed by atoms with E-state index in [-0.39, 0.29) is 17.2 Å². The van der Waals surface area contributed by atoms with Gasteiger partial charge in [0.2, 0.25) is 0 Å². The first-order chi connectivity index (χ1) is 17.3. The molecule has 0 aliphatic heterocycles. The van der Waals surface area contributed by atoms with E-state index in [1.807, 2.05) is 41.1 Å². The van der Waals surface area contributed by atoms with Gasteiger partial charge in [0.15, 0.2) is 0 Å². The highest BCUT2D eigenvalue weighted by Gasteiger charge is 2.20. The lowest BCUT2D eigenvalue weighted by Crippen LogP contribution is -2.17. The summed E-state index contributed by atoms with van der Waals surface area (Å²) in [4.78, 5) is 25.3. The molecular formula is C27H21ClFN3O3S. The van der Waals surface area contributed by atoms with Gasteiger partial charge in [0.25, 0.3) is 5.91 Å². The summed E-state index contributed by atoms with van der Waals surface area (Å²) in [7, 11) is 0. The predicted octanol–water partition coefficient (Wildman–Crippen LogP) is 6.65. The third-order valence-corrected chi connectivity index (χ3v) is 6.48. The second kappa shape index (κ2) is 10.8. The predicted molar refractivity (Wildman–Crippen MR) is 140 cm³/mol. The minimum Gasteiger partial charge on any atom is -0.459 e. The van der Waals surface area contributed by atoms with Crippen LogP contribution in [0.2, 0.25) is 5.02 Å². The monoisotopic (exact) mass is 521 g/mol. The molecule has 0 atom stereocenters. The van der Waals surface area contributed by atoms with Crippen LogP contribution in [0.1, 0.15) is 35.3 Å². The minimum absolute atomic E-state index is 0.130. The molecule has 4 aromatic rings. The Morgan fingerprint density at radius 1 is 1.25 bits per heavy atom. The summed E-state index contributed by atoms with van der Waals surface area (Å²) in [5, 5.41) is 15.5. The standard InChI is InChI=1S/C27H21ClFN3O3S/c1-16(2)35-27(34)22-9-10-36-26(22)31-25(33)18(13-30)11-19-15-32(24-6-4-3-5-21(19)24)14-17-7-8-20(29)12-23(17)28/h3-12,15-16H,14H2,1-2H3,(H,31,33). The van der Waals surface area contributed by atoms with Crippen LogP contribution in [-0.2, 0) is 16.1 Å². The number of halogens is 2. The van der Waals surface area contributed by atoms with Gasteiger partial charge < -0.3 is 14.6 Å². The molecule has 1 amide bonds. The van der Waals surface area contributed by atoms with Crippen molar-refractivity contribution in [3.8, 4) is 6.07 Å². The number of thiophene rings is 1. The number of para-hydroxylation sites is 1. The summed E-state index contributed by atoms with van der Waals surface area (Å²) in [5.74, 6) is -1.61. The van der Waals surface area contributed by atoms with Gasteiger partial charge in [-0.1, -0.05) is 35.9 Å². The Balaban J connectivity index is 1.64. The molecule has 0 fully saturated rings. The highest BCUT2D eigenvalue weighted by atomic mass is 35.5. The maximum atomic E-state index is 13.5. The molecule has 2 heterocycles. The smallest absolute Gasteiger partial charge is 0.341 e. The largest absolute Gasteiger partial charge is 0.459 e. The van der Waals surface area contributed by atoms with Gasteiger partial charge in [0.05, 0.1) is 11.7 Å². The minimum atomic E-state index is -0.642. The lowest BCUT2D eigenvalue weighted by Gasteiger charge is -2.09. The number of nitriles is 1. The lowest BCUT2D eigenvalue weighted by atomic mass is 10.1. The van der Waals surface area contributed by atoms with Gasteiger partial charge in [-0.3, -0.25) is 4.79 Å². The average Bonchev–Trinajstić information content (AvgIpc) is 3.43. The summed E-state index contributed by atoms with van der Waals surface area (Å²) in [6, 6.07) is 15.3. The molecule has 1 N–H and O–H groups in total. The number of amides is 1. The molecule has 0 saturated carbocycles. The number of anilines is 1. The maximum absolute atomic E-state index is 13.5. The quantitative estimate of drug-likeness (QED) is 0.167. The number of hydrogen-bond donors (Lipinski definition) is 1. The summed E-state index contributed by atoms with van der Waals surface area (Å²) in [6.07, 6.45) is 3.00. The van der Waals surface area contributed by atoms with Crippen LogP contribution >= 0.6 is 22.9 Å². The molecule has 2 aromatic carbocycles. The Morgan fingerprint density at radius 2 is 2.03 bits per heavy atom. The molecule has 4 rings (SSSR count). The van der Waals surface area contributed by atoms with E-state index in [0.717, 1.165) is 27.8 Å². The molecule has 0 unspecified atom stereocenters. The number of fused-ring (bicyclic) bond motifs is 1.